The van der Waals surface area contributed by atoms with Crippen molar-refractivity contribution in [3.8, 4) is 6.07 Å². The first-order chi connectivity index (χ1) is 14.1. The Morgan fingerprint density at radius 2 is 1.62 bits per heavy atom. The number of carbonyl (C=O) groups excluding carboxylic acids is 2. The van der Waals surface area contributed by atoms with Gasteiger partial charge in [-0.15, -0.1) is 0 Å². The van der Waals surface area contributed by atoms with Crippen LogP contribution in [0.2, 0.25) is 0 Å². The van der Waals surface area contributed by atoms with Crippen LogP contribution in [0.25, 0.3) is 0 Å². The third-order valence-electron chi connectivity index (χ3n) is 5.02. The van der Waals surface area contributed by atoms with E-state index in [1.165, 1.54) is 5.56 Å². The lowest BCUT2D eigenvalue weighted by Crippen LogP contribution is -2.42. The van der Waals surface area contributed by atoms with Gasteiger partial charge >= 0.3 is 11.9 Å². The minimum atomic E-state index is -1.24. The zero-order chi connectivity index (χ0) is 21.4. The molecule has 6 heteroatoms. The lowest BCUT2D eigenvalue weighted by atomic mass is 9.77. The van der Waals surface area contributed by atoms with E-state index >= 15 is 0 Å². The Kier molecular flexibility index (Phi) is 12.4. The second-order valence-corrected chi connectivity index (χ2v) is 7.16. The molecule has 0 aliphatic heterocycles. The van der Waals surface area contributed by atoms with Crippen LogP contribution in [0.3, 0.4) is 0 Å². The van der Waals surface area contributed by atoms with Crippen molar-refractivity contribution in [3.05, 3.63) is 30.1 Å². The highest BCUT2D eigenvalue weighted by atomic mass is 16.6. The molecule has 0 fully saturated rings. The summed E-state index contributed by atoms with van der Waals surface area (Å²) in [5.41, 5.74) is -0.0560. The van der Waals surface area contributed by atoms with E-state index in [0.29, 0.717) is 25.7 Å². The first-order valence-corrected chi connectivity index (χ1v) is 10.7. The monoisotopic (exact) mass is 402 g/mol. The highest BCUT2D eigenvalue weighted by Crippen LogP contribution is 2.35. The van der Waals surface area contributed by atoms with Crippen molar-refractivity contribution in [1.29, 1.82) is 5.26 Å². The van der Waals surface area contributed by atoms with E-state index in [-0.39, 0.29) is 13.2 Å². The van der Waals surface area contributed by atoms with E-state index in [9.17, 15) is 9.59 Å². The van der Waals surface area contributed by atoms with Gasteiger partial charge in [-0.25, -0.2) is 0 Å². The van der Waals surface area contributed by atoms with Crippen LogP contribution >= 0.6 is 0 Å². The molecule has 0 aliphatic rings. The van der Waals surface area contributed by atoms with Gasteiger partial charge in [-0.1, -0.05) is 31.7 Å². The summed E-state index contributed by atoms with van der Waals surface area (Å²) < 4.78 is 10.6. The summed E-state index contributed by atoms with van der Waals surface area (Å²) in [7, 11) is 0. The van der Waals surface area contributed by atoms with Crippen LogP contribution < -0.4 is 0 Å². The Hall–Kier alpha value is -2.42. The van der Waals surface area contributed by atoms with Gasteiger partial charge in [-0.05, 0) is 57.6 Å². The van der Waals surface area contributed by atoms with E-state index in [4.69, 9.17) is 14.7 Å². The molecule has 1 aromatic rings. The van der Waals surface area contributed by atoms with E-state index in [1.54, 1.807) is 20.0 Å². The number of aryl methyl sites for hydroxylation is 1. The normalized spacial score (nSPS) is 10.9. The maximum absolute atomic E-state index is 12.8. The van der Waals surface area contributed by atoms with Crippen molar-refractivity contribution in [1.82, 2.24) is 4.98 Å². The molecule has 0 aliphatic carbocycles. The molecule has 0 unspecified atom stereocenters. The molecule has 0 N–H and O–H groups in total. The smallest absolute Gasteiger partial charge is 0.323 e. The summed E-state index contributed by atoms with van der Waals surface area (Å²) in [6, 6.07) is 6.10. The molecule has 0 bridgehead atoms. The Balaban J connectivity index is 2.72. The number of rotatable bonds is 15. The topological polar surface area (TPSA) is 89.3 Å². The molecule has 0 aromatic carbocycles. The minimum Gasteiger partial charge on any atom is -0.465 e. The lowest BCUT2D eigenvalue weighted by Gasteiger charge is -2.29. The fourth-order valence-corrected chi connectivity index (χ4v) is 3.44. The van der Waals surface area contributed by atoms with E-state index in [2.05, 4.69) is 17.1 Å². The zero-order valence-corrected chi connectivity index (χ0v) is 17.8. The molecule has 0 atom stereocenters. The van der Waals surface area contributed by atoms with Gasteiger partial charge in [0.1, 0.15) is 0 Å². The third-order valence-corrected chi connectivity index (χ3v) is 5.02. The third kappa shape index (κ3) is 8.64. The van der Waals surface area contributed by atoms with Crippen molar-refractivity contribution in [2.24, 2.45) is 5.41 Å². The number of esters is 2. The summed E-state index contributed by atoms with van der Waals surface area (Å²) >= 11 is 0. The Bertz CT molecular complexity index is 622. The van der Waals surface area contributed by atoms with Gasteiger partial charge in [0.05, 0.1) is 19.3 Å². The van der Waals surface area contributed by atoms with E-state index < -0.39 is 17.4 Å². The lowest BCUT2D eigenvalue weighted by molar-refractivity contribution is -0.173. The number of hydrogen-bond acceptors (Lipinski definition) is 6. The summed E-state index contributed by atoms with van der Waals surface area (Å²) in [4.78, 5) is 29.7. The predicted octanol–water partition coefficient (Wildman–Crippen LogP) is 4.77. The molecule has 1 rings (SSSR count). The maximum atomic E-state index is 12.8. The zero-order valence-electron chi connectivity index (χ0n) is 17.8. The molecule has 0 saturated carbocycles. The van der Waals surface area contributed by atoms with E-state index in [0.717, 1.165) is 38.5 Å². The van der Waals surface area contributed by atoms with Crippen LogP contribution in [0.4, 0.5) is 0 Å². The second-order valence-electron chi connectivity index (χ2n) is 7.16. The Labute approximate surface area is 174 Å². The molecular weight excluding hydrogens is 368 g/mol. The van der Waals surface area contributed by atoms with Crippen LogP contribution in [-0.4, -0.2) is 30.1 Å². The second kappa shape index (κ2) is 14.6. The quantitative estimate of drug-likeness (QED) is 0.238. The average Bonchev–Trinajstić information content (AvgIpc) is 2.73. The van der Waals surface area contributed by atoms with E-state index in [1.807, 2.05) is 12.3 Å². The number of carbonyl (C=O) groups is 2. The fraction of sp³-hybridized carbons (Fsp3) is 0.652. The van der Waals surface area contributed by atoms with Crippen LogP contribution in [0.15, 0.2) is 24.5 Å². The van der Waals surface area contributed by atoms with Gasteiger partial charge in [0, 0.05) is 18.8 Å². The van der Waals surface area contributed by atoms with Crippen LogP contribution in [0, 0.1) is 16.7 Å². The van der Waals surface area contributed by atoms with Crippen molar-refractivity contribution >= 4 is 11.9 Å². The van der Waals surface area contributed by atoms with Crippen LogP contribution in [0.1, 0.15) is 77.2 Å². The van der Waals surface area contributed by atoms with Gasteiger partial charge in [-0.3, -0.25) is 14.6 Å². The van der Waals surface area contributed by atoms with Crippen molar-refractivity contribution < 1.29 is 19.1 Å². The first-order valence-electron chi connectivity index (χ1n) is 10.7. The van der Waals surface area contributed by atoms with Gasteiger partial charge in [-0.2, -0.15) is 5.26 Å². The highest BCUT2D eigenvalue weighted by molar-refractivity contribution is 6.00. The summed E-state index contributed by atoms with van der Waals surface area (Å²) in [5.74, 6) is -0.961. The first kappa shape index (κ1) is 24.6. The molecule has 6 nitrogen and oxygen atoms in total. The number of aromatic nitrogens is 1. The Morgan fingerprint density at radius 1 is 1.00 bits per heavy atom. The van der Waals surface area contributed by atoms with Crippen molar-refractivity contribution in [2.75, 3.05) is 13.2 Å². The van der Waals surface area contributed by atoms with Gasteiger partial charge in [0.25, 0.3) is 0 Å². The SMILES string of the molecule is CCOC(=O)C(CCCCCC#N)(CCCCCc1cccnc1)C(=O)OCC. The Morgan fingerprint density at radius 3 is 2.14 bits per heavy atom. The number of nitriles is 1. The van der Waals surface area contributed by atoms with Crippen LogP contribution in [0.5, 0.6) is 0 Å². The standard InChI is InChI=1S/C23H34N2O4/c1-3-28-21(26)23(22(27)29-4-2,15-9-5-6-11-17-24)16-10-7-8-13-20-14-12-18-25-19-20/h12,14,18-19H,3-11,13,15-16H2,1-2H3. The summed E-state index contributed by atoms with van der Waals surface area (Å²) in [6.07, 6.45) is 10.7. The van der Waals surface area contributed by atoms with Crippen molar-refractivity contribution in [2.45, 2.75) is 78.1 Å². The highest BCUT2D eigenvalue weighted by Gasteiger charge is 2.47. The number of hydrogen-bond donors (Lipinski definition) is 0. The number of nitrogens with zero attached hydrogens (tertiary/aromatic N) is 2. The molecule has 0 spiro atoms. The largest absolute Gasteiger partial charge is 0.465 e. The minimum absolute atomic E-state index is 0.232. The molecular formula is C23H34N2O4. The molecule has 160 valence electrons. The number of pyridine rings is 1. The molecule has 1 heterocycles. The average molecular weight is 403 g/mol. The van der Waals surface area contributed by atoms with Gasteiger partial charge in [0.2, 0.25) is 0 Å². The van der Waals surface area contributed by atoms with Crippen molar-refractivity contribution in [3.63, 3.8) is 0 Å². The summed E-state index contributed by atoms with van der Waals surface area (Å²) in [5, 5.41) is 8.69. The predicted molar refractivity (Wildman–Crippen MR) is 111 cm³/mol. The molecule has 0 saturated heterocycles. The molecule has 1 aromatic heterocycles. The summed E-state index contributed by atoms with van der Waals surface area (Å²) in [6.45, 7) is 3.95. The molecule has 0 radical (unpaired) electrons. The van der Waals surface area contributed by atoms with Gasteiger partial charge in [0.15, 0.2) is 5.41 Å². The van der Waals surface area contributed by atoms with Gasteiger partial charge < -0.3 is 9.47 Å². The number of ether oxygens (including phenoxy) is 2. The number of unbranched alkanes of at least 4 members (excludes halogenated alkanes) is 5. The maximum Gasteiger partial charge on any atom is 0.323 e. The molecule has 29 heavy (non-hydrogen) atoms. The fourth-order valence-electron chi connectivity index (χ4n) is 3.44. The molecule has 0 amide bonds. The van der Waals surface area contributed by atoms with Crippen LogP contribution in [-0.2, 0) is 25.5 Å².